The molecule has 1 amide bonds. The normalized spacial score (nSPS) is 22.6. The Morgan fingerprint density at radius 2 is 1.95 bits per heavy atom. The average Bonchev–Trinajstić information content (AvgIpc) is 3.52. The number of amides is 1. The van der Waals surface area contributed by atoms with Crippen LogP contribution in [-0.4, -0.2) is 57.9 Å². The third kappa shape index (κ3) is 5.89. The van der Waals surface area contributed by atoms with Crippen molar-refractivity contribution in [2.45, 2.75) is 57.2 Å². The van der Waals surface area contributed by atoms with Crippen molar-refractivity contribution in [3.05, 3.63) is 72.2 Å². The highest BCUT2D eigenvalue weighted by atomic mass is 19.4. The predicted octanol–water partition coefficient (Wildman–Crippen LogP) is 5.28. The minimum Gasteiger partial charge on any atom is -0.491 e. The van der Waals surface area contributed by atoms with Crippen LogP contribution in [-0.2, 0) is 14.9 Å². The number of aromatic amines is 1. The van der Waals surface area contributed by atoms with E-state index >= 15 is 0 Å². The van der Waals surface area contributed by atoms with Crippen molar-refractivity contribution in [3.8, 4) is 0 Å². The molecular formula is C27H32F3N5O2. The molecule has 3 aliphatic rings. The molecule has 0 atom stereocenters. The zero-order chi connectivity index (χ0) is 26.8. The smallest absolute Gasteiger partial charge is 0.386 e. The van der Waals surface area contributed by atoms with Crippen LogP contribution in [0.5, 0.6) is 0 Å². The molecule has 37 heavy (non-hydrogen) atoms. The van der Waals surface area contributed by atoms with Crippen LogP contribution in [0.1, 0.15) is 49.4 Å². The highest BCUT2D eigenvalue weighted by molar-refractivity contribution is 6.09. The van der Waals surface area contributed by atoms with Crippen LogP contribution in [0.3, 0.4) is 0 Å². The molecule has 10 heteroatoms. The zero-order valence-corrected chi connectivity index (χ0v) is 21.1. The van der Waals surface area contributed by atoms with Gasteiger partial charge in [-0.05, 0) is 49.1 Å². The molecule has 1 aliphatic carbocycles. The molecule has 2 aromatic heterocycles. The summed E-state index contributed by atoms with van der Waals surface area (Å²) in [6.45, 7) is 13.0. The van der Waals surface area contributed by atoms with Gasteiger partial charge in [0, 0.05) is 44.7 Å². The second-order valence-corrected chi connectivity index (χ2v) is 9.82. The number of likely N-dealkylation sites (tertiary alicyclic amines) is 1. The monoisotopic (exact) mass is 515 g/mol. The number of anilines is 1. The molecule has 0 radical (unpaired) electrons. The summed E-state index contributed by atoms with van der Waals surface area (Å²) in [5.41, 5.74) is 4.43. The van der Waals surface area contributed by atoms with Crippen LogP contribution >= 0.6 is 0 Å². The lowest BCUT2D eigenvalue weighted by Crippen LogP contribution is -2.53. The summed E-state index contributed by atoms with van der Waals surface area (Å²) in [4.78, 5) is 22.1. The van der Waals surface area contributed by atoms with E-state index in [0.29, 0.717) is 25.1 Å². The standard InChI is InChI=1S/C25H29N5O2.C2H3F3/c1-17-14-27-28-22(17)7-6-19(3)32-20-12-25(13-20)21-8-9-26-15-23(21)30(24(25)31)16-18(2)29-10-4-5-11-29;1-2(3,4)5/h6-9,14-15,20H,2-5,10-13,16H2,1H3,(H,27,28);1H3/b7-6-;. The number of pyridine rings is 1. The summed E-state index contributed by atoms with van der Waals surface area (Å²) in [6.07, 6.45) is 8.73. The summed E-state index contributed by atoms with van der Waals surface area (Å²) in [5.74, 6) is 0.716. The summed E-state index contributed by atoms with van der Waals surface area (Å²) in [7, 11) is 0. The highest BCUT2D eigenvalue weighted by Crippen LogP contribution is 2.54. The average molecular weight is 516 g/mol. The number of carbonyl (C=O) groups is 1. The van der Waals surface area contributed by atoms with Crippen molar-refractivity contribution in [1.82, 2.24) is 20.1 Å². The van der Waals surface area contributed by atoms with E-state index in [0.717, 1.165) is 41.3 Å². The van der Waals surface area contributed by atoms with E-state index < -0.39 is 11.6 Å². The summed E-state index contributed by atoms with van der Waals surface area (Å²) >= 11 is 0. The number of aromatic nitrogens is 3. The number of nitrogens with one attached hydrogen (secondary N) is 1. The minimum atomic E-state index is -4.00. The van der Waals surface area contributed by atoms with Gasteiger partial charge in [-0.3, -0.25) is 14.9 Å². The number of ether oxygens (including phenoxy) is 1. The number of hydrogen-bond donors (Lipinski definition) is 1. The van der Waals surface area contributed by atoms with Gasteiger partial charge in [0.2, 0.25) is 5.91 Å². The van der Waals surface area contributed by atoms with E-state index in [4.69, 9.17) is 4.74 Å². The largest absolute Gasteiger partial charge is 0.491 e. The van der Waals surface area contributed by atoms with Gasteiger partial charge in [0.1, 0.15) is 11.9 Å². The maximum atomic E-state index is 13.6. The SMILES string of the molecule is C=C(/C=C\c1[nH]ncc1C)OC1CC2(C1)C(=O)N(CC(=C)N1CCCC1)c1cnccc12.CC(F)(F)F. The first kappa shape index (κ1) is 26.5. The number of halogens is 3. The van der Waals surface area contributed by atoms with E-state index in [9.17, 15) is 18.0 Å². The Kier molecular flexibility index (Phi) is 7.47. The van der Waals surface area contributed by atoms with Gasteiger partial charge in [-0.15, -0.1) is 0 Å². The lowest BCUT2D eigenvalue weighted by atomic mass is 9.63. The van der Waals surface area contributed by atoms with Gasteiger partial charge >= 0.3 is 6.18 Å². The second kappa shape index (κ2) is 10.4. The van der Waals surface area contributed by atoms with Gasteiger partial charge in [0.15, 0.2) is 0 Å². The van der Waals surface area contributed by atoms with Crippen LogP contribution < -0.4 is 4.90 Å². The molecule has 1 N–H and O–H groups in total. The number of hydrogen-bond acceptors (Lipinski definition) is 5. The molecule has 198 valence electrons. The molecule has 2 aliphatic heterocycles. The Labute approximate surface area is 214 Å². The molecule has 2 fully saturated rings. The molecule has 1 spiro atoms. The number of H-pyrrole nitrogens is 1. The van der Waals surface area contributed by atoms with Gasteiger partial charge in [-0.25, -0.2) is 0 Å². The molecule has 1 saturated carbocycles. The van der Waals surface area contributed by atoms with E-state index in [2.05, 4.69) is 33.2 Å². The van der Waals surface area contributed by atoms with Gasteiger partial charge in [-0.1, -0.05) is 13.2 Å². The third-order valence-electron chi connectivity index (χ3n) is 6.93. The minimum absolute atomic E-state index is 0.0401. The van der Waals surface area contributed by atoms with Crippen molar-refractivity contribution in [2.75, 3.05) is 24.5 Å². The number of rotatable bonds is 7. The number of alkyl halides is 3. The van der Waals surface area contributed by atoms with Crippen LogP contribution in [0.2, 0.25) is 0 Å². The van der Waals surface area contributed by atoms with Gasteiger partial charge < -0.3 is 14.5 Å². The fraction of sp³-hybridized carbons (Fsp3) is 0.444. The lowest BCUT2D eigenvalue weighted by Gasteiger charge is -2.43. The molecule has 5 rings (SSSR count). The van der Waals surface area contributed by atoms with Crippen LogP contribution in [0.4, 0.5) is 18.9 Å². The zero-order valence-electron chi connectivity index (χ0n) is 21.1. The van der Waals surface area contributed by atoms with Crippen molar-refractivity contribution >= 4 is 17.7 Å². The van der Waals surface area contributed by atoms with Crippen molar-refractivity contribution in [1.29, 1.82) is 0 Å². The summed E-state index contributed by atoms with van der Waals surface area (Å²) in [6, 6.07) is 1.98. The number of carbonyl (C=O) groups excluding carboxylic acids is 1. The summed E-state index contributed by atoms with van der Waals surface area (Å²) in [5, 5.41) is 6.95. The number of fused-ring (bicyclic) bond motifs is 2. The number of aryl methyl sites for hydroxylation is 1. The Balaban J connectivity index is 0.000000586. The van der Waals surface area contributed by atoms with Crippen molar-refractivity contribution in [3.63, 3.8) is 0 Å². The second-order valence-electron chi connectivity index (χ2n) is 9.82. The molecule has 0 unspecified atom stereocenters. The molecule has 0 aromatic carbocycles. The molecular weight excluding hydrogens is 483 g/mol. The number of allylic oxidation sites excluding steroid dienone is 1. The fourth-order valence-electron chi connectivity index (χ4n) is 5.11. The molecule has 2 aromatic rings. The van der Waals surface area contributed by atoms with E-state index in [1.54, 1.807) is 12.4 Å². The maximum Gasteiger partial charge on any atom is 0.386 e. The molecule has 4 heterocycles. The molecule has 0 bridgehead atoms. The summed E-state index contributed by atoms with van der Waals surface area (Å²) < 4.78 is 37.1. The Hall–Kier alpha value is -3.56. The van der Waals surface area contributed by atoms with Crippen LogP contribution in [0.25, 0.3) is 6.08 Å². The third-order valence-corrected chi connectivity index (χ3v) is 6.93. The first-order chi connectivity index (χ1) is 17.5. The maximum absolute atomic E-state index is 13.6. The van der Waals surface area contributed by atoms with E-state index in [1.165, 1.54) is 12.8 Å². The first-order valence-corrected chi connectivity index (χ1v) is 12.3. The van der Waals surface area contributed by atoms with E-state index in [-0.39, 0.29) is 18.9 Å². The molecule has 7 nitrogen and oxygen atoms in total. The Morgan fingerprint density at radius 1 is 1.27 bits per heavy atom. The van der Waals surface area contributed by atoms with Crippen molar-refractivity contribution in [2.24, 2.45) is 0 Å². The van der Waals surface area contributed by atoms with Gasteiger partial charge in [-0.2, -0.15) is 18.3 Å². The highest BCUT2D eigenvalue weighted by Gasteiger charge is 2.59. The van der Waals surface area contributed by atoms with E-state index in [1.807, 2.05) is 36.2 Å². The molecule has 1 saturated heterocycles. The van der Waals surface area contributed by atoms with Crippen LogP contribution in [0.15, 0.2) is 55.3 Å². The topological polar surface area (TPSA) is 74.3 Å². The fourth-order valence-corrected chi connectivity index (χ4v) is 5.11. The van der Waals surface area contributed by atoms with Gasteiger partial charge in [0.05, 0.1) is 35.7 Å². The van der Waals surface area contributed by atoms with Crippen LogP contribution in [0, 0.1) is 6.92 Å². The first-order valence-electron chi connectivity index (χ1n) is 12.3. The van der Waals surface area contributed by atoms with Crippen molar-refractivity contribution < 1.29 is 22.7 Å². The quantitative estimate of drug-likeness (QED) is 0.401. The van der Waals surface area contributed by atoms with Gasteiger partial charge in [0.25, 0.3) is 0 Å². The predicted molar refractivity (Wildman–Crippen MR) is 136 cm³/mol. The lowest BCUT2D eigenvalue weighted by molar-refractivity contribution is -0.131. The Morgan fingerprint density at radius 3 is 2.57 bits per heavy atom. The Bertz CT molecular complexity index is 1180. The number of nitrogens with zero attached hydrogens (tertiary/aromatic N) is 4.